The lowest BCUT2D eigenvalue weighted by atomic mass is 9.93. The van der Waals surface area contributed by atoms with Crippen molar-refractivity contribution in [3.8, 4) is 0 Å². The molecule has 1 saturated heterocycles. The Morgan fingerprint density at radius 2 is 1.78 bits per heavy atom. The summed E-state index contributed by atoms with van der Waals surface area (Å²) >= 11 is 0. The van der Waals surface area contributed by atoms with E-state index in [0.717, 1.165) is 45.0 Å². The molecule has 0 atom stereocenters. The lowest BCUT2D eigenvalue weighted by Crippen LogP contribution is -2.29. The standard InChI is InChI=1S/C19H28N2O5S/c1-26-19(23)14-27(24,25)13-17-4-2-16(3-5-17)12-21-18(22)7-6-15-8-10-20-11-9-15/h2-5,15,20H,6-14H2,1H3,(H,21,22). The highest BCUT2D eigenvalue weighted by molar-refractivity contribution is 7.91. The lowest BCUT2D eigenvalue weighted by Gasteiger charge is -2.22. The Morgan fingerprint density at radius 1 is 1.15 bits per heavy atom. The summed E-state index contributed by atoms with van der Waals surface area (Å²) in [5.74, 6) is -0.941. The molecular weight excluding hydrogens is 368 g/mol. The zero-order valence-corrected chi connectivity index (χ0v) is 16.5. The molecule has 1 fully saturated rings. The van der Waals surface area contributed by atoms with E-state index in [-0.39, 0.29) is 11.7 Å². The number of benzene rings is 1. The fraction of sp³-hybridized carbons (Fsp3) is 0.579. The minimum atomic E-state index is -3.55. The predicted octanol–water partition coefficient (Wildman–Crippen LogP) is 1.17. The fourth-order valence-corrected chi connectivity index (χ4v) is 4.37. The van der Waals surface area contributed by atoms with Gasteiger partial charge < -0.3 is 15.4 Å². The Kier molecular flexibility index (Phi) is 8.24. The Morgan fingerprint density at radius 3 is 2.41 bits per heavy atom. The Labute approximate surface area is 160 Å². The monoisotopic (exact) mass is 396 g/mol. The molecule has 1 amide bonds. The molecule has 0 radical (unpaired) electrons. The quantitative estimate of drug-likeness (QED) is 0.608. The van der Waals surface area contributed by atoms with Crippen LogP contribution in [0.2, 0.25) is 0 Å². The van der Waals surface area contributed by atoms with E-state index in [4.69, 9.17) is 0 Å². The van der Waals surface area contributed by atoms with Crippen molar-refractivity contribution in [1.82, 2.24) is 10.6 Å². The van der Waals surface area contributed by atoms with Crippen LogP contribution in [0.1, 0.15) is 36.8 Å². The summed E-state index contributed by atoms with van der Waals surface area (Å²) < 4.78 is 28.2. The maximum Gasteiger partial charge on any atom is 0.320 e. The number of rotatable bonds is 9. The van der Waals surface area contributed by atoms with Gasteiger partial charge in [-0.15, -0.1) is 0 Å². The third-order valence-electron chi connectivity index (χ3n) is 4.70. The van der Waals surface area contributed by atoms with Crippen LogP contribution in [-0.2, 0) is 36.5 Å². The first-order chi connectivity index (χ1) is 12.9. The number of hydrogen-bond acceptors (Lipinski definition) is 6. The molecule has 1 aliphatic rings. The van der Waals surface area contributed by atoms with Crippen LogP contribution in [0.15, 0.2) is 24.3 Å². The zero-order valence-electron chi connectivity index (χ0n) is 15.7. The highest BCUT2D eigenvalue weighted by Gasteiger charge is 2.18. The van der Waals surface area contributed by atoms with Gasteiger partial charge in [0.05, 0.1) is 12.9 Å². The van der Waals surface area contributed by atoms with E-state index < -0.39 is 21.6 Å². The van der Waals surface area contributed by atoms with Gasteiger partial charge in [-0.05, 0) is 49.4 Å². The number of nitrogens with one attached hydrogen (secondary N) is 2. The Hall–Kier alpha value is -1.93. The fourth-order valence-electron chi connectivity index (χ4n) is 3.09. The number of carbonyl (C=O) groups excluding carboxylic acids is 2. The second-order valence-corrected chi connectivity index (χ2v) is 9.00. The molecule has 7 nitrogen and oxygen atoms in total. The highest BCUT2D eigenvalue weighted by Crippen LogP contribution is 2.17. The summed E-state index contributed by atoms with van der Waals surface area (Å²) in [6, 6.07) is 6.98. The molecule has 1 aromatic rings. The van der Waals surface area contributed by atoms with Crippen molar-refractivity contribution < 1.29 is 22.7 Å². The smallest absolute Gasteiger partial charge is 0.320 e. The molecule has 2 rings (SSSR count). The molecule has 1 aromatic carbocycles. The van der Waals surface area contributed by atoms with Crippen LogP contribution in [0.5, 0.6) is 0 Å². The van der Waals surface area contributed by atoms with Crippen LogP contribution in [0.4, 0.5) is 0 Å². The number of ether oxygens (including phenoxy) is 1. The van der Waals surface area contributed by atoms with E-state index in [0.29, 0.717) is 24.4 Å². The van der Waals surface area contributed by atoms with Gasteiger partial charge in [0.25, 0.3) is 0 Å². The average molecular weight is 397 g/mol. The number of piperidine rings is 1. The van der Waals surface area contributed by atoms with Crippen molar-refractivity contribution in [3.05, 3.63) is 35.4 Å². The maximum absolute atomic E-state index is 12.0. The van der Waals surface area contributed by atoms with Gasteiger partial charge in [-0.3, -0.25) is 9.59 Å². The van der Waals surface area contributed by atoms with E-state index in [1.165, 1.54) is 0 Å². The van der Waals surface area contributed by atoms with Gasteiger partial charge in [-0.1, -0.05) is 24.3 Å². The number of amides is 1. The van der Waals surface area contributed by atoms with Crippen LogP contribution in [0.3, 0.4) is 0 Å². The number of methoxy groups -OCH3 is 1. The molecule has 150 valence electrons. The largest absolute Gasteiger partial charge is 0.468 e. The first-order valence-electron chi connectivity index (χ1n) is 9.20. The van der Waals surface area contributed by atoms with Gasteiger partial charge in [0.1, 0.15) is 5.75 Å². The van der Waals surface area contributed by atoms with E-state index in [9.17, 15) is 18.0 Å². The van der Waals surface area contributed by atoms with E-state index >= 15 is 0 Å². The summed E-state index contributed by atoms with van der Waals surface area (Å²) in [7, 11) is -2.39. The third-order valence-corrected chi connectivity index (χ3v) is 6.15. The summed E-state index contributed by atoms with van der Waals surface area (Å²) in [4.78, 5) is 23.1. The van der Waals surface area contributed by atoms with Crippen molar-refractivity contribution >= 4 is 21.7 Å². The van der Waals surface area contributed by atoms with Crippen molar-refractivity contribution in [2.45, 2.75) is 38.0 Å². The molecule has 0 aliphatic carbocycles. The summed E-state index contributed by atoms with van der Waals surface area (Å²) in [6.45, 7) is 2.49. The number of hydrogen-bond donors (Lipinski definition) is 2. The van der Waals surface area contributed by atoms with Gasteiger partial charge in [0, 0.05) is 13.0 Å². The van der Waals surface area contributed by atoms with Crippen LogP contribution in [0, 0.1) is 5.92 Å². The van der Waals surface area contributed by atoms with E-state index in [1.807, 2.05) is 0 Å². The second-order valence-electron chi connectivity index (χ2n) is 6.93. The van der Waals surface area contributed by atoms with E-state index in [2.05, 4.69) is 15.4 Å². The molecule has 8 heteroatoms. The first kappa shape index (κ1) is 21.4. The molecule has 1 aliphatic heterocycles. The van der Waals surface area contributed by atoms with Crippen molar-refractivity contribution in [3.63, 3.8) is 0 Å². The zero-order chi connectivity index (χ0) is 19.7. The Balaban J connectivity index is 1.74. The molecule has 27 heavy (non-hydrogen) atoms. The number of esters is 1. The molecule has 2 N–H and O–H groups in total. The molecule has 1 heterocycles. The van der Waals surface area contributed by atoms with Crippen LogP contribution >= 0.6 is 0 Å². The molecule has 0 unspecified atom stereocenters. The highest BCUT2D eigenvalue weighted by atomic mass is 32.2. The summed E-state index contributed by atoms with van der Waals surface area (Å²) in [5.41, 5.74) is 1.50. The van der Waals surface area contributed by atoms with Crippen molar-refractivity contribution in [2.75, 3.05) is 26.0 Å². The molecular formula is C19H28N2O5S. The SMILES string of the molecule is COC(=O)CS(=O)(=O)Cc1ccc(CNC(=O)CCC2CCNCC2)cc1. The third kappa shape index (κ3) is 8.09. The molecule has 0 saturated carbocycles. The normalized spacial score (nSPS) is 15.3. The van der Waals surface area contributed by atoms with Gasteiger partial charge >= 0.3 is 5.97 Å². The molecule has 0 aromatic heterocycles. The first-order valence-corrected chi connectivity index (χ1v) is 11.0. The van der Waals surface area contributed by atoms with Crippen molar-refractivity contribution in [1.29, 1.82) is 0 Å². The lowest BCUT2D eigenvalue weighted by molar-refractivity contribution is -0.137. The minimum Gasteiger partial charge on any atom is -0.468 e. The maximum atomic E-state index is 12.0. The average Bonchev–Trinajstić information content (AvgIpc) is 2.66. The van der Waals surface area contributed by atoms with Gasteiger partial charge in [0.2, 0.25) is 5.91 Å². The van der Waals surface area contributed by atoms with E-state index in [1.54, 1.807) is 24.3 Å². The molecule has 0 bridgehead atoms. The Bertz CT molecular complexity index is 725. The van der Waals surface area contributed by atoms with Gasteiger partial charge in [0.15, 0.2) is 9.84 Å². The number of sulfone groups is 1. The van der Waals surface area contributed by atoms with Crippen LogP contribution in [-0.4, -0.2) is 46.2 Å². The summed E-state index contributed by atoms with van der Waals surface area (Å²) in [5, 5.41) is 6.22. The van der Waals surface area contributed by atoms with Gasteiger partial charge in [-0.25, -0.2) is 8.42 Å². The molecule has 0 spiro atoms. The van der Waals surface area contributed by atoms with Crippen LogP contribution in [0.25, 0.3) is 0 Å². The minimum absolute atomic E-state index is 0.0401. The summed E-state index contributed by atoms with van der Waals surface area (Å²) in [6.07, 6.45) is 3.72. The number of carbonyl (C=O) groups is 2. The topological polar surface area (TPSA) is 102 Å². The van der Waals surface area contributed by atoms with Crippen LogP contribution < -0.4 is 10.6 Å². The van der Waals surface area contributed by atoms with Gasteiger partial charge in [-0.2, -0.15) is 0 Å². The predicted molar refractivity (Wildman–Crippen MR) is 103 cm³/mol. The van der Waals surface area contributed by atoms with Crippen molar-refractivity contribution in [2.24, 2.45) is 5.92 Å². The second kappa shape index (κ2) is 10.4.